The lowest BCUT2D eigenvalue weighted by Crippen LogP contribution is -2.00. The Morgan fingerprint density at radius 1 is 1.08 bits per heavy atom. The maximum atomic E-state index is 13.2. The molecule has 6 heteroatoms. The smallest absolute Gasteiger partial charge is 0.282 e. The van der Waals surface area contributed by atoms with Gasteiger partial charge in [-0.3, -0.25) is 0 Å². The Morgan fingerprint density at radius 2 is 1.76 bits per heavy atom. The summed E-state index contributed by atoms with van der Waals surface area (Å²) in [5.41, 5.74) is 2.73. The van der Waals surface area contributed by atoms with Gasteiger partial charge in [0.2, 0.25) is 0 Å². The van der Waals surface area contributed by atoms with Crippen LogP contribution in [0.3, 0.4) is 0 Å². The van der Waals surface area contributed by atoms with Crippen LogP contribution >= 0.6 is 0 Å². The molecule has 3 aromatic rings. The van der Waals surface area contributed by atoms with Crippen molar-refractivity contribution in [2.75, 3.05) is 13.7 Å². The predicted octanol–water partition coefficient (Wildman–Crippen LogP) is 4.02. The van der Waals surface area contributed by atoms with Crippen molar-refractivity contribution in [2.24, 2.45) is 0 Å². The first-order valence-electron chi connectivity index (χ1n) is 7.85. The van der Waals surface area contributed by atoms with Crippen molar-refractivity contribution < 1.29 is 18.6 Å². The SMILES string of the molecule is COc1ccc(-n2nc(C(F)F)cc2-c2ccc(CCO)cc2)cc1. The van der Waals surface area contributed by atoms with E-state index in [0.29, 0.717) is 23.6 Å². The third-order valence-corrected chi connectivity index (χ3v) is 3.92. The van der Waals surface area contributed by atoms with Crippen molar-refractivity contribution in [1.29, 1.82) is 0 Å². The lowest BCUT2D eigenvalue weighted by Gasteiger charge is -2.09. The summed E-state index contributed by atoms with van der Waals surface area (Å²) in [7, 11) is 1.57. The second-order valence-electron chi connectivity index (χ2n) is 5.54. The Balaban J connectivity index is 2.04. The lowest BCUT2D eigenvalue weighted by atomic mass is 10.1. The highest BCUT2D eigenvalue weighted by molar-refractivity contribution is 5.63. The molecule has 0 unspecified atom stereocenters. The number of hydrogen-bond donors (Lipinski definition) is 1. The van der Waals surface area contributed by atoms with Crippen LogP contribution in [0.1, 0.15) is 17.7 Å². The van der Waals surface area contributed by atoms with Crippen molar-refractivity contribution >= 4 is 0 Å². The molecule has 0 aliphatic heterocycles. The quantitative estimate of drug-likeness (QED) is 0.735. The Bertz CT molecular complexity index is 828. The summed E-state index contributed by atoms with van der Waals surface area (Å²) in [6.07, 6.45) is -2.09. The molecule has 0 saturated heterocycles. The molecule has 1 aromatic heterocycles. The zero-order valence-corrected chi connectivity index (χ0v) is 13.7. The summed E-state index contributed by atoms with van der Waals surface area (Å²) in [5, 5.41) is 13.1. The number of benzene rings is 2. The number of aliphatic hydroxyl groups excluding tert-OH is 1. The van der Waals surface area contributed by atoms with Gasteiger partial charge < -0.3 is 9.84 Å². The van der Waals surface area contributed by atoms with E-state index in [9.17, 15) is 8.78 Å². The minimum atomic E-state index is -2.65. The summed E-state index contributed by atoms with van der Waals surface area (Å²) in [4.78, 5) is 0. The van der Waals surface area contributed by atoms with Crippen LogP contribution < -0.4 is 4.74 Å². The molecule has 4 nitrogen and oxygen atoms in total. The molecule has 1 heterocycles. The summed E-state index contributed by atoms with van der Waals surface area (Å²) in [6, 6.07) is 15.9. The highest BCUT2D eigenvalue weighted by atomic mass is 19.3. The normalized spacial score (nSPS) is 11.1. The molecule has 2 aromatic carbocycles. The monoisotopic (exact) mass is 344 g/mol. The second kappa shape index (κ2) is 7.44. The van der Waals surface area contributed by atoms with Gasteiger partial charge in [0, 0.05) is 12.2 Å². The van der Waals surface area contributed by atoms with Gasteiger partial charge in [-0.25, -0.2) is 13.5 Å². The number of nitrogens with zero attached hydrogens (tertiary/aromatic N) is 2. The van der Waals surface area contributed by atoms with Crippen LogP contribution in [0.5, 0.6) is 5.75 Å². The van der Waals surface area contributed by atoms with Crippen LogP contribution in [0.2, 0.25) is 0 Å². The summed E-state index contributed by atoms with van der Waals surface area (Å²) < 4.78 is 32.9. The zero-order valence-electron chi connectivity index (χ0n) is 13.7. The molecular formula is C19H18F2N2O2. The number of aliphatic hydroxyl groups is 1. The molecule has 0 spiro atoms. The van der Waals surface area contributed by atoms with E-state index in [1.165, 1.54) is 10.7 Å². The highest BCUT2D eigenvalue weighted by Crippen LogP contribution is 2.29. The molecule has 0 aliphatic carbocycles. The third-order valence-electron chi connectivity index (χ3n) is 3.92. The fourth-order valence-electron chi connectivity index (χ4n) is 2.60. The van der Waals surface area contributed by atoms with Crippen LogP contribution in [0, 0.1) is 0 Å². The van der Waals surface area contributed by atoms with E-state index >= 15 is 0 Å². The fourth-order valence-corrected chi connectivity index (χ4v) is 2.60. The average Bonchev–Trinajstić information content (AvgIpc) is 3.08. The maximum absolute atomic E-state index is 13.2. The van der Waals surface area contributed by atoms with Crippen LogP contribution in [-0.2, 0) is 6.42 Å². The predicted molar refractivity (Wildman–Crippen MR) is 91.3 cm³/mol. The largest absolute Gasteiger partial charge is 0.497 e. The third kappa shape index (κ3) is 3.69. The van der Waals surface area contributed by atoms with E-state index in [1.807, 2.05) is 24.3 Å². The molecule has 0 atom stereocenters. The van der Waals surface area contributed by atoms with Gasteiger partial charge in [-0.05, 0) is 42.3 Å². The van der Waals surface area contributed by atoms with Gasteiger partial charge in [-0.15, -0.1) is 0 Å². The van der Waals surface area contributed by atoms with Crippen molar-refractivity contribution in [1.82, 2.24) is 9.78 Å². The van der Waals surface area contributed by atoms with Gasteiger partial charge in [0.15, 0.2) is 0 Å². The number of alkyl halides is 2. The first-order valence-corrected chi connectivity index (χ1v) is 7.85. The van der Waals surface area contributed by atoms with Crippen molar-refractivity contribution in [3.05, 3.63) is 65.9 Å². The number of hydrogen-bond acceptors (Lipinski definition) is 3. The van der Waals surface area contributed by atoms with E-state index in [0.717, 1.165) is 11.1 Å². The van der Waals surface area contributed by atoms with E-state index in [4.69, 9.17) is 9.84 Å². The molecular weight excluding hydrogens is 326 g/mol. The first kappa shape index (κ1) is 17.1. The summed E-state index contributed by atoms with van der Waals surface area (Å²) >= 11 is 0. The van der Waals surface area contributed by atoms with E-state index in [1.54, 1.807) is 31.4 Å². The van der Waals surface area contributed by atoms with Crippen LogP contribution in [0.25, 0.3) is 16.9 Å². The first-order chi connectivity index (χ1) is 12.1. The standard InChI is InChI=1S/C19H18F2N2O2/c1-25-16-8-6-15(7-9-16)23-18(12-17(22-23)19(20)21)14-4-2-13(3-5-14)10-11-24/h2-9,12,19,24H,10-11H2,1H3. The molecule has 25 heavy (non-hydrogen) atoms. The van der Waals surface area contributed by atoms with Gasteiger partial charge in [0.25, 0.3) is 6.43 Å². The van der Waals surface area contributed by atoms with E-state index in [2.05, 4.69) is 5.10 Å². The molecule has 130 valence electrons. The van der Waals surface area contributed by atoms with Gasteiger partial charge in [-0.2, -0.15) is 5.10 Å². The minimum absolute atomic E-state index is 0.0681. The molecule has 0 saturated carbocycles. The van der Waals surface area contributed by atoms with Gasteiger partial charge in [-0.1, -0.05) is 24.3 Å². The maximum Gasteiger partial charge on any atom is 0.282 e. The number of rotatable bonds is 6. The summed E-state index contributed by atoms with van der Waals surface area (Å²) in [5.74, 6) is 0.680. The molecule has 0 fully saturated rings. The van der Waals surface area contributed by atoms with Crippen molar-refractivity contribution in [3.8, 4) is 22.7 Å². The van der Waals surface area contributed by atoms with Crippen LogP contribution in [-0.4, -0.2) is 28.6 Å². The molecule has 3 rings (SSSR count). The van der Waals surface area contributed by atoms with Gasteiger partial charge >= 0.3 is 0 Å². The summed E-state index contributed by atoms with van der Waals surface area (Å²) in [6.45, 7) is 0.0681. The van der Waals surface area contributed by atoms with Crippen LogP contribution in [0.15, 0.2) is 54.6 Å². The van der Waals surface area contributed by atoms with Crippen molar-refractivity contribution in [3.63, 3.8) is 0 Å². The van der Waals surface area contributed by atoms with Gasteiger partial charge in [0.05, 0.1) is 18.5 Å². The molecule has 0 bridgehead atoms. The van der Waals surface area contributed by atoms with Crippen LogP contribution in [0.4, 0.5) is 8.78 Å². The average molecular weight is 344 g/mol. The van der Waals surface area contributed by atoms with Crippen molar-refractivity contribution in [2.45, 2.75) is 12.8 Å². The van der Waals surface area contributed by atoms with E-state index in [-0.39, 0.29) is 12.3 Å². The number of ether oxygens (including phenoxy) is 1. The Kier molecular flexibility index (Phi) is 5.09. The molecule has 0 radical (unpaired) electrons. The Morgan fingerprint density at radius 3 is 2.32 bits per heavy atom. The number of aromatic nitrogens is 2. The fraction of sp³-hybridized carbons (Fsp3) is 0.211. The highest BCUT2D eigenvalue weighted by Gasteiger charge is 2.17. The number of methoxy groups -OCH3 is 1. The zero-order chi connectivity index (χ0) is 17.8. The van der Waals surface area contributed by atoms with Gasteiger partial charge in [0.1, 0.15) is 11.4 Å². The Labute approximate surface area is 144 Å². The minimum Gasteiger partial charge on any atom is -0.497 e. The molecule has 0 amide bonds. The van der Waals surface area contributed by atoms with E-state index < -0.39 is 6.43 Å². The topological polar surface area (TPSA) is 47.3 Å². The number of halogens is 2. The second-order valence-corrected chi connectivity index (χ2v) is 5.54. The molecule has 1 N–H and O–H groups in total. The Hall–Kier alpha value is -2.73. The lowest BCUT2D eigenvalue weighted by molar-refractivity contribution is 0.145. The molecule has 0 aliphatic rings.